The fourth-order valence-electron chi connectivity index (χ4n) is 0.976. The number of hydrogen-bond acceptors (Lipinski definition) is 7. The summed E-state index contributed by atoms with van der Waals surface area (Å²) in [6, 6.07) is 8.53. The van der Waals surface area contributed by atoms with E-state index in [0.29, 0.717) is 5.69 Å². The fourth-order valence-corrected chi connectivity index (χ4v) is 0.976. The predicted molar refractivity (Wildman–Crippen MR) is 67.9 cm³/mol. The van der Waals surface area contributed by atoms with Crippen molar-refractivity contribution in [1.29, 1.82) is 0 Å². The molecule has 0 atom stereocenters. The normalized spacial score (nSPS) is 11.8. The molecule has 19 heavy (non-hydrogen) atoms. The van der Waals surface area contributed by atoms with Crippen molar-refractivity contribution in [2.45, 2.75) is 6.92 Å². The van der Waals surface area contributed by atoms with Gasteiger partial charge in [0.15, 0.2) is 0 Å². The molecule has 0 radical (unpaired) electrons. The molecule has 1 aromatic rings. The Morgan fingerprint density at radius 3 is 2.58 bits per heavy atom. The summed E-state index contributed by atoms with van der Waals surface area (Å²) in [6.07, 6.45) is 0. The largest absolute Gasteiger partial charge is 0.433 e. The Bertz CT molecular complexity index is 526. The second-order valence-electron chi connectivity index (χ2n) is 3.23. The molecule has 0 saturated carbocycles. The number of nitrogens with one attached hydrogen (secondary N) is 1. The van der Waals surface area contributed by atoms with E-state index in [2.05, 4.69) is 20.5 Å². The Morgan fingerprint density at radius 2 is 2.05 bits per heavy atom. The van der Waals surface area contributed by atoms with Crippen molar-refractivity contribution in [2.75, 3.05) is 5.43 Å². The molecular weight excluding hydrogens is 254 g/mol. The lowest BCUT2D eigenvalue weighted by Crippen LogP contribution is -2.31. The highest BCUT2D eigenvalue weighted by Gasteiger charge is 2.20. The number of nitro groups is 1. The summed E-state index contributed by atoms with van der Waals surface area (Å²) in [7, 11) is 0. The maximum absolute atomic E-state index is 10.7. The number of nitrogens with zero attached hydrogens (tertiary/aromatic N) is 3. The van der Waals surface area contributed by atoms with Crippen LogP contribution < -0.4 is 11.2 Å². The van der Waals surface area contributed by atoms with Gasteiger partial charge in [0.1, 0.15) is 0 Å². The molecule has 0 aromatic heterocycles. The van der Waals surface area contributed by atoms with E-state index in [4.69, 9.17) is 5.73 Å². The number of nitrogens with two attached hydrogens (primary N) is 1. The second kappa shape index (κ2) is 6.69. The summed E-state index contributed by atoms with van der Waals surface area (Å²) < 4.78 is 0. The van der Waals surface area contributed by atoms with Crippen LogP contribution >= 0.6 is 0 Å². The van der Waals surface area contributed by atoms with E-state index in [1.807, 2.05) is 0 Å². The third kappa shape index (κ3) is 4.81. The van der Waals surface area contributed by atoms with Gasteiger partial charge in [0.05, 0.1) is 10.8 Å². The van der Waals surface area contributed by atoms with Crippen molar-refractivity contribution >= 4 is 23.3 Å². The van der Waals surface area contributed by atoms with Gasteiger partial charge < -0.3 is 20.7 Å². The quantitative estimate of drug-likeness (QED) is 0.269. The Balaban J connectivity index is 2.85. The molecule has 9 heteroatoms. The van der Waals surface area contributed by atoms with Crippen LogP contribution in [0.3, 0.4) is 0 Å². The first kappa shape index (κ1) is 14.1. The molecule has 0 aliphatic rings. The van der Waals surface area contributed by atoms with Gasteiger partial charge in [-0.15, -0.1) is 0 Å². The van der Waals surface area contributed by atoms with E-state index in [-0.39, 0.29) is 0 Å². The van der Waals surface area contributed by atoms with E-state index in [9.17, 15) is 14.9 Å². The van der Waals surface area contributed by atoms with Crippen LogP contribution in [0.15, 0.2) is 40.6 Å². The van der Waals surface area contributed by atoms with Crippen LogP contribution in [0.4, 0.5) is 5.69 Å². The Hall–Kier alpha value is -2.97. The predicted octanol–water partition coefficient (Wildman–Crippen LogP) is 0.524. The van der Waals surface area contributed by atoms with E-state index < -0.39 is 22.6 Å². The number of amidine groups is 2. The van der Waals surface area contributed by atoms with Crippen LogP contribution in [0, 0.1) is 10.1 Å². The van der Waals surface area contributed by atoms with E-state index in [1.54, 1.807) is 30.3 Å². The van der Waals surface area contributed by atoms with Crippen LogP contribution in [0.1, 0.15) is 6.92 Å². The third-order valence-electron chi connectivity index (χ3n) is 1.74. The number of oxime groups is 1. The average molecular weight is 265 g/mol. The van der Waals surface area contributed by atoms with Crippen molar-refractivity contribution in [3.05, 3.63) is 40.4 Å². The number of carbonyl (C=O) groups excluding carboxylic acids is 1. The van der Waals surface area contributed by atoms with Crippen molar-refractivity contribution in [2.24, 2.45) is 16.0 Å². The first-order valence-corrected chi connectivity index (χ1v) is 5.05. The SMILES string of the molecule is CC(=O)ON=C(N)C(=NNc1ccccc1)[N+](=O)[O-]. The third-order valence-corrected chi connectivity index (χ3v) is 1.74. The van der Waals surface area contributed by atoms with E-state index >= 15 is 0 Å². The smallest absolute Gasteiger partial charge is 0.374 e. The molecule has 3 N–H and O–H groups in total. The van der Waals surface area contributed by atoms with Crippen molar-refractivity contribution in [1.82, 2.24) is 0 Å². The molecule has 9 nitrogen and oxygen atoms in total. The van der Waals surface area contributed by atoms with Crippen LogP contribution in [0.25, 0.3) is 0 Å². The molecule has 0 unspecified atom stereocenters. The van der Waals surface area contributed by atoms with Gasteiger partial charge in [0.25, 0.3) is 5.84 Å². The molecule has 0 fully saturated rings. The summed E-state index contributed by atoms with van der Waals surface area (Å²) in [5.74, 6) is -2.13. The highest BCUT2D eigenvalue weighted by Crippen LogP contribution is 2.04. The number of para-hydroxylation sites is 1. The zero-order chi connectivity index (χ0) is 14.3. The molecule has 1 rings (SSSR count). The number of hydrogen-bond donors (Lipinski definition) is 2. The zero-order valence-corrected chi connectivity index (χ0v) is 9.94. The minimum Gasteiger partial charge on any atom is -0.374 e. The van der Waals surface area contributed by atoms with Crippen LogP contribution in [-0.4, -0.2) is 22.6 Å². The molecule has 100 valence electrons. The highest BCUT2D eigenvalue weighted by atomic mass is 16.7. The number of rotatable bonds is 3. The highest BCUT2D eigenvalue weighted by molar-refractivity contribution is 6.36. The van der Waals surface area contributed by atoms with Gasteiger partial charge in [-0.3, -0.25) is 0 Å². The Kier molecular flexibility index (Phi) is 4.96. The Morgan fingerprint density at radius 1 is 1.42 bits per heavy atom. The van der Waals surface area contributed by atoms with Crippen molar-refractivity contribution in [3.63, 3.8) is 0 Å². The van der Waals surface area contributed by atoms with Crippen LogP contribution in [0.5, 0.6) is 0 Å². The summed E-state index contributed by atoms with van der Waals surface area (Å²) in [5, 5.41) is 17.3. The molecule has 0 bridgehead atoms. The van der Waals surface area contributed by atoms with Gasteiger partial charge in [-0.25, -0.2) is 4.79 Å². The lowest BCUT2D eigenvalue weighted by molar-refractivity contribution is -0.346. The number of carbonyl (C=O) groups is 1. The molecule has 0 spiro atoms. The van der Waals surface area contributed by atoms with Crippen molar-refractivity contribution < 1.29 is 14.6 Å². The zero-order valence-electron chi connectivity index (χ0n) is 9.94. The van der Waals surface area contributed by atoms with Crippen LogP contribution in [0.2, 0.25) is 0 Å². The first-order valence-electron chi connectivity index (χ1n) is 5.05. The molecule has 1 aromatic carbocycles. The molecule has 0 aliphatic carbocycles. The lowest BCUT2D eigenvalue weighted by Gasteiger charge is -1.98. The van der Waals surface area contributed by atoms with Gasteiger partial charge in [0.2, 0.25) is 0 Å². The average Bonchev–Trinajstić information content (AvgIpc) is 2.37. The van der Waals surface area contributed by atoms with Crippen molar-refractivity contribution in [3.8, 4) is 0 Å². The summed E-state index contributed by atoms with van der Waals surface area (Å²) in [5.41, 5.74) is 8.26. The molecule has 0 heterocycles. The maximum atomic E-state index is 10.7. The van der Waals surface area contributed by atoms with Crippen LogP contribution in [-0.2, 0) is 9.63 Å². The standard InChI is InChI=1S/C10H11N5O4/c1-7(16)19-14-9(11)10(15(17)18)13-12-8-5-3-2-4-6-8/h2-6,12H,1H3,(H2,11,14). The van der Waals surface area contributed by atoms with E-state index in [0.717, 1.165) is 6.92 Å². The van der Waals surface area contributed by atoms with Gasteiger partial charge >= 0.3 is 11.8 Å². The fraction of sp³-hybridized carbons (Fsp3) is 0.100. The second-order valence-corrected chi connectivity index (χ2v) is 3.23. The first-order chi connectivity index (χ1) is 9.00. The summed E-state index contributed by atoms with van der Waals surface area (Å²) in [4.78, 5) is 24.6. The van der Waals surface area contributed by atoms with Gasteiger partial charge in [0, 0.05) is 6.92 Å². The number of anilines is 1. The molecular formula is C10H11N5O4. The molecule has 0 saturated heterocycles. The Labute approximate surface area is 107 Å². The number of hydrazone groups is 1. The van der Waals surface area contributed by atoms with Gasteiger partial charge in [-0.05, 0) is 22.2 Å². The van der Waals surface area contributed by atoms with Gasteiger partial charge in [-0.2, -0.15) is 5.43 Å². The van der Waals surface area contributed by atoms with Gasteiger partial charge in [-0.1, -0.05) is 18.2 Å². The topological polar surface area (TPSA) is 132 Å². The molecule has 0 aliphatic heterocycles. The molecule has 0 amide bonds. The minimum absolute atomic E-state index is 0.530. The minimum atomic E-state index is -0.849. The monoisotopic (exact) mass is 265 g/mol. The number of benzene rings is 1. The van der Waals surface area contributed by atoms with E-state index in [1.165, 1.54) is 0 Å². The maximum Gasteiger partial charge on any atom is 0.433 e. The lowest BCUT2D eigenvalue weighted by atomic mass is 10.3. The summed E-state index contributed by atoms with van der Waals surface area (Å²) in [6.45, 7) is 1.09. The summed E-state index contributed by atoms with van der Waals surface area (Å²) >= 11 is 0.